The maximum atomic E-state index is 12.6. The van der Waals surface area contributed by atoms with Crippen molar-refractivity contribution in [3.8, 4) is 11.5 Å². The molecule has 0 aliphatic carbocycles. The number of carbonyl (C=O) groups excluding carboxylic acids is 1. The number of sulfonamides is 1. The lowest BCUT2D eigenvalue weighted by Crippen LogP contribution is -2.28. The van der Waals surface area contributed by atoms with Crippen molar-refractivity contribution >= 4 is 21.6 Å². The highest BCUT2D eigenvalue weighted by molar-refractivity contribution is 7.89. The number of nitro groups is 1. The van der Waals surface area contributed by atoms with Crippen LogP contribution in [0.3, 0.4) is 0 Å². The van der Waals surface area contributed by atoms with Crippen LogP contribution in [0.1, 0.15) is 23.2 Å². The van der Waals surface area contributed by atoms with Gasteiger partial charge in [-0.1, -0.05) is 0 Å². The molecule has 1 fully saturated rings. The number of hydrogen-bond donors (Lipinski definition) is 1. The average Bonchev–Trinajstić information content (AvgIpc) is 3.17. The Hall–Kier alpha value is -2.98. The Morgan fingerprint density at radius 1 is 1.11 bits per heavy atom. The summed E-state index contributed by atoms with van der Waals surface area (Å²) in [4.78, 5) is 21.9. The lowest BCUT2D eigenvalue weighted by Gasteiger charge is -2.17. The van der Waals surface area contributed by atoms with E-state index in [4.69, 9.17) is 10.5 Å². The highest BCUT2D eigenvalue weighted by Crippen LogP contribution is 2.30. The molecule has 0 atom stereocenters. The Morgan fingerprint density at radius 2 is 1.74 bits per heavy atom. The number of primary amides is 1. The van der Waals surface area contributed by atoms with Crippen molar-refractivity contribution in [1.29, 1.82) is 0 Å². The van der Waals surface area contributed by atoms with Gasteiger partial charge in [-0.15, -0.1) is 0 Å². The summed E-state index contributed by atoms with van der Waals surface area (Å²) in [6, 6.07) is 9.15. The van der Waals surface area contributed by atoms with Gasteiger partial charge in [0.15, 0.2) is 0 Å². The molecule has 2 N–H and O–H groups in total. The van der Waals surface area contributed by atoms with E-state index in [0.29, 0.717) is 13.1 Å². The predicted molar refractivity (Wildman–Crippen MR) is 96.1 cm³/mol. The number of ether oxygens (including phenoxy) is 1. The van der Waals surface area contributed by atoms with E-state index in [9.17, 15) is 23.3 Å². The van der Waals surface area contributed by atoms with Gasteiger partial charge in [0.1, 0.15) is 11.5 Å². The van der Waals surface area contributed by atoms with Gasteiger partial charge in [0.05, 0.1) is 15.4 Å². The zero-order chi connectivity index (χ0) is 19.6. The molecule has 1 saturated heterocycles. The van der Waals surface area contributed by atoms with E-state index >= 15 is 0 Å². The lowest BCUT2D eigenvalue weighted by atomic mass is 10.2. The minimum absolute atomic E-state index is 0.0331. The zero-order valence-electron chi connectivity index (χ0n) is 14.2. The molecule has 2 aromatic rings. The number of nitro benzene ring substituents is 1. The fraction of sp³-hybridized carbons (Fsp3) is 0.235. The van der Waals surface area contributed by atoms with Gasteiger partial charge >= 0.3 is 0 Å². The number of rotatable bonds is 6. The summed E-state index contributed by atoms with van der Waals surface area (Å²) in [6.07, 6.45) is 1.59. The van der Waals surface area contributed by atoms with Crippen LogP contribution in [0, 0.1) is 10.1 Å². The van der Waals surface area contributed by atoms with Crippen molar-refractivity contribution in [2.75, 3.05) is 13.1 Å². The average molecular weight is 391 g/mol. The molecular formula is C17H17N3O6S. The Kier molecular flexibility index (Phi) is 5.10. The molecular weight excluding hydrogens is 374 g/mol. The van der Waals surface area contributed by atoms with Crippen LogP contribution in [0.4, 0.5) is 5.69 Å². The molecule has 1 aliphatic rings. The molecule has 0 radical (unpaired) electrons. The van der Waals surface area contributed by atoms with Crippen molar-refractivity contribution in [3.05, 3.63) is 58.1 Å². The summed E-state index contributed by atoms with van der Waals surface area (Å²) in [7, 11) is -3.70. The predicted octanol–water partition coefficient (Wildman–Crippen LogP) is 2.27. The molecule has 142 valence electrons. The highest BCUT2D eigenvalue weighted by atomic mass is 32.2. The fourth-order valence-corrected chi connectivity index (χ4v) is 4.34. The second-order valence-corrected chi connectivity index (χ2v) is 7.92. The molecule has 2 aromatic carbocycles. The standard InChI is InChI=1S/C17H17N3O6S/c18-17(21)15-11-14(27(24,25)19-9-1-2-10-19)7-8-16(15)26-13-5-3-12(4-6-13)20(22)23/h3-8,11H,1-2,9-10H2,(H2,18,21). The molecule has 0 spiro atoms. The SMILES string of the molecule is NC(=O)c1cc(S(=O)(=O)N2CCCC2)ccc1Oc1ccc([N+](=O)[O-])cc1. The largest absolute Gasteiger partial charge is 0.457 e. The van der Waals surface area contributed by atoms with Crippen LogP contribution in [0.25, 0.3) is 0 Å². The van der Waals surface area contributed by atoms with Crippen molar-refractivity contribution in [2.45, 2.75) is 17.7 Å². The molecule has 1 aliphatic heterocycles. The van der Waals surface area contributed by atoms with E-state index in [1.165, 1.54) is 46.8 Å². The van der Waals surface area contributed by atoms with Gasteiger partial charge < -0.3 is 10.5 Å². The molecule has 0 bridgehead atoms. The summed E-state index contributed by atoms with van der Waals surface area (Å²) in [5.41, 5.74) is 5.18. The Balaban J connectivity index is 1.92. The first-order valence-electron chi connectivity index (χ1n) is 8.15. The fourth-order valence-electron chi connectivity index (χ4n) is 2.79. The normalized spacial score (nSPS) is 14.8. The van der Waals surface area contributed by atoms with Gasteiger partial charge in [0, 0.05) is 25.2 Å². The summed E-state index contributed by atoms with van der Waals surface area (Å²) in [5, 5.41) is 10.7. The Bertz CT molecular complexity index is 982. The first-order valence-corrected chi connectivity index (χ1v) is 9.59. The van der Waals surface area contributed by atoms with Gasteiger partial charge in [-0.25, -0.2) is 8.42 Å². The smallest absolute Gasteiger partial charge is 0.269 e. The van der Waals surface area contributed by atoms with Gasteiger partial charge in [-0.05, 0) is 43.2 Å². The van der Waals surface area contributed by atoms with Gasteiger partial charge in [-0.3, -0.25) is 14.9 Å². The second kappa shape index (κ2) is 7.33. The zero-order valence-corrected chi connectivity index (χ0v) is 15.0. The molecule has 3 rings (SSSR count). The molecule has 0 saturated carbocycles. The third kappa shape index (κ3) is 3.91. The number of carbonyl (C=O) groups is 1. The molecule has 9 nitrogen and oxygen atoms in total. The number of non-ortho nitro benzene ring substituents is 1. The molecule has 10 heteroatoms. The lowest BCUT2D eigenvalue weighted by molar-refractivity contribution is -0.384. The van der Waals surface area contributed by atoms with Gasteiger partial charge in [-0.2, -0.15) is 4.31 Å². The Morgan fingerprint density at radius 3 is 2.30 bits per heavy atom. The first kappa shape index (κ1) is 18.8. The Labute approximate surface area is 155 Å². The molecule has 1 amide bonds. The van der Waals surface area contributed by atoms with Crippen molar-refractivity contribution in [2.24, 2.45) is 5.73 Å². The van der Waals surface area contributed by atoms with E-state index < -0.39 is 20.9 Å². The van der Waals surface area contributed by atoms with Crippen LogP contribution in [0.5, 0.6) is 11.5 Å². The van der Waals surface area contributed by atoms with Crippen LogP contribution in [-0.4, -0.2) is 36.6 Å². The molecule has 0 aromatic heterocycles. The monoisotopic (exact) mass is 391 g/mol. The summed E-state index contributed by atoms with van der Waals surface area (Å²) in [5.74, 6) is -0.527. The van der Waals surface area contributed by atoms with Crippen LogP contribution < -0.4 is 10.5 Å². The van der Waals surface area contributed by atoms with Crippen LogP contribution in [0.15, 0.2) is 47.4 Å². The number of nitrogens with two attached hydrogens (primary N) is 1. The maximum absolute atomic E-state index is 12.6. The molecule has 0 unspecified atom stereocenters. The van der Waals surface area contributed by atoms with E-state index in [1.807, 2.05) is 0 Å². The summed E-state index contributed by atoms with van der Waals surface area (Å²) in [6.45, 7) is 0.880. The van der Waals surface area contributed by atoms with Crippen LogP contribution in [-0.2, 0) is 10.0 Å². The van der Waals surface area contributed by atoms with E-state index in [-0.39, 0.29) is 27.6 Å². The highest BCUT2D eigenvalue weighted by Gasteiger charge is 2.28. The van der Waals surface area contributed by atoms with Crippen molar-refractivity contribution < 1.29 is 22.9 Å². The number of nitrogens with zero attached hydrogens (tertiary/aromatic N) is 2. The van der Waals surface area contributed by atoms with Crippen molar-refractivity contribution in [3.63, 3.8) is 0 Å². The summed E-state index contributed by atoms with van der Waals surface area (Å²) < 4.78 is 32.2. The number of benzene rings is 2. The minimum Gasteiger partial charge on any atom is -0.457 e. The van der Waals surface area contributed by atoms with Crippen molar-refractivity contribution in [1.82, 2.24) is 4.31 Å². The topological polar surface area (TPSA) is 133 Å². The number of hydrogen-bond acceptors (Lipinski definition) is 6. The van der Waals surface area contributed by atoms with Gasteiger partial charge in [0.2, 0.25) is 10.0 Å². The summed E-state index contributed by atoms with van der Waals surface area (Å²) >= 11 is 0. The third-order valence-corrected chi connectivity index (χ3v) is 6.09. The second-order valence-electron chi connectivity index (χ2n) is 5.99. The third-order valence-electron chi connectivity index (χ3n) is 4.19. The van der Waals surface area contributed by atoms with Gasteiger partial charge in [0.25, 0.3) is 11.6 Å². The minimum atomic E-state index is -3.70. The number of amides is 1. The van der Waals surface area contributed by atoms with E-state index in [2.05, 4.69) is 0 Å². The quantitative estimate of drug-likeness (QED) is 0.593. The van der Waals surface area contributed by atoms with Crippen LogP contribution >= 0.6 is 0 Å². The first-order chi connectivity index (χ1) is 12.8. The molecule has 1 heterocycles. The molecule has 27 heavy (non-hydrogen) atoms. The van der Waals surface area contributed by atoms with E-state index in [1.54, 1.807) is 0 Å². The maximum Gasteiger partial charge on any atom is 0.269 e. The van der Waals surface area contributed by atoms with E-state index in [0.717, 1.165) is 12.8 Å². The van der Waals surface area contributed by atoms with Crippen LogP contribution in [0.2, 0.25) is 0 Å².